The third-order valence-electron chi connectivity index (χ3n) is 5.86. The molecule has 0 bridgehead atoms. The number of amides is 2. The molecule has 1 aromatic carbocycles. The van der Waals surface area contributed by atoms with Crippen molar-refractivity contribution < 1.29 is 31.2 Å². The molecule has 0 N–H and O–H groups in total. The van der Waals surface area contributed by atoms with Crippen LogP contribution in [-0.4, -0.2) is 73.1 Å². The predicted octanol–water partition coefficient (Wildman–Crippen LogP) is 2.09. The first kappa shape index (κ1) is 22.4. The van der Waals surface area contributed by atoms with E-state index in [1.165, 1.54) is 11.2 Å². The second-order valence-electron chi connectivity index (χ2n) is 7.79. The molecule has 2 aliphatic rings. The number of piperazine rings is 1. The summed E-state index contributed by atoms with van der Waals surface area (Å²) in [6, 6.07) is 4.99. The fraction of sp³-hybridized carbons (Fsp3) is 0.429. The maximum atomic E-state index is 13.5. The lowest BCUT2D eigenvalue weighted by Crippen LogP contribution is -2.57. The molecular formula is C21H23F2N3O5S. The largest absolute Gasteiger partial charge is 0.459 e. The summed E-state index contributed by atoms with van der Waals surface area (Å²) in [4.78, 5) is 28.7. The molecule has 4 rings (SSSR count). The molecule has 3 heterocycles. The first-order valence-electron chi connectivity index (χ1n) is 10.4. The molecule has 172 valence electrons. The van der Waals surface area contributed by atoms with Gasteiger partial charge in [0.25, 0.3) is 5.91 Å². The van der Waals surface area contributed by atoms with E-state index in [0.717, 1.165) is 29.3 Å². The summed E-state index contributed by atoms with van der Waals surface area (Å²) >= 11 is 0. The molecule has 2 fully saturated rings. The standard InChI is InChI=1S/C21H23F2N3O5S/c22-16-7-6-15(14-17(16)23)32(29,30)25-11-9-24(10-12-25)20(27)18-4-1-2-8-26(18)21(28)19-5-3-13-31-19/h3,5-7,13-14,18H,1-2,4,8-12H2. The number of likely N-dealkylation sites (tertiary alicyclic amines) is 1. The van der Waals surface area contributed by atoms with E-state index in [0.29, 0.717) is 19.0 Å². The highest BCUT2D eigenvalue weighted by Crippen LogP contribution is 2.24. The normalized spacial score (nSPS) is 20.4. The minimum Gasteiger partial charge on any atom is -0.459 e. The predicted molar refractivity (Wildman–Crippen MR) is 109 cm³/mol. The van der Waals surface area contributed by atoms with Gasteiger partial charge in [0.2, 0.25) is 15.9 Å². The van der Waals surface area contributed by atoms with Gasteiger partial charge in [-0.2, -0.15) is 4.31 Å². The van der Waals surface area contributed by atoms with Crippen molar-refractivity contribution in [1.82, 2.24) is 14.1 Å². The number of furan rings is 1. The Morgan fingerprint density at radius 2 is 1.72 bits per heavy atom. The highest BCUT2D eigenvalue weighted by atomic mass is 32.2. The molecule has 11 heteroatoms. The molecule has 0 radical (unpaired) electrons. The van der Waals surface area contributed by atoms with Gasteiger partial charge in [0.05, 0.1) is 11.2 Å². The van der Waals surface area contributed by atoms with Gasteiger partial charge in [-0.1, -0.05) is 0 Å². The Kier molecular flexibility index (Phi) is 6.29. The number of benzene rings is 1. The molecule has 1 atom stereocenters. The lowest BCUT2D eigenvalue weighted by Gasteiger charge is -2.40. The summed E-state index contributed by atoms with van der Waals surface area (Å²) in [7, 11) is -4.02. The average Bonchev–Trinajstić information content (AvgIpc) is 3.35. The molecular weight excluding hydrogens is 444 g/mol. The second kappa shape index (κ2) is 8.99. The van der Waals surface area contributed by atoms with Crippen LogP contribution in [-0.2, 0) is 14.8 Å². The number of carbonyl (C=O) groups is 2. The van der Waals surface area contributed by atoms with Gasteiger partial charge in [0, 0.05) is 32.7 Å². The van der Waals surface area contributed by atoms with Crippen molar-refractivity contribution in [2.75, 3.05) is 32.7 Å². The molecule has 32 heavy (non-hydrogen) atoms. The average molecular weight is 467 g/mol. The molecule has 2 amide bonds. The molecule has 1 aromatic heterocycles. The molecule has 2 aliphatic heterocycles. The summed E-state index contributed by atoms with van der Waals surface area (Å²) in [5, 5.41) is 0. The van der Waals surface area contributed by atoms with Gasteiger partial charge in [-0.05, 0) is 49.6 Å². The first-order chi connectivity index (χ1) is 15.3. The van der Waals surface area contributed by atoms with Crippen LogP contribution in [0.2, 0.25) is 0 Å². The van der Waals surface area contributed by atoms with Gasteiger partial charge in [0.15, 0.2) is 17.4 Å². The molecule has 1 unspecified atom stereocenters. The number of sulfonamides is 1. The number of rotatable bonds is 4. The minimum atomic E-state index is -4.02. The topological polar surface area (TPSA) is 91.1 Å². The van der Waals surface area contributed by atoms with Crippen LogP contribution < -0.4 is 0 Å². The van der Waals surface area contributed by atoms with E-state index >= 15 is 0 Å². The van der Waals surface area contributed by atoms with E-state index in [1.54, 1.807) is 17.0 Å². The fourth-order valence-corrected chi connectivity index (χ4v) is 5.55. The van der Waals surface area contributed by atoms with E-state index in [-0.39, 0.29) is 48.6 Å². The van der Waals surface area contributed by atoms with Crippen molar-refractivity contribution in [3.05, 3.63) is 54.0 Å². The number of nitrogens with zero attached hydrogens (tertiary/aromatic N) is 3. The lowest BCUT2D eigenvalue weighted by atomic mass is 10.00. The number of hydrogen-bond donors (Lipinski definition) is 0. The van der Waals surface area contributed by atoms with Crippen molar-refractivity contribution in [1.29, 1.82) is 0 Å². The Balaban J connectivity index is 1.43. The number of hydrogen-bond acceptors (Lipinski definition) is 5. The highest BCUT2D eigenvalue weighted by molar-refractivity contribution is 7.89. The van der Waals surface area contributed by atoms with Crippen LogP contribution in [0.5, 0.6) is 0 Å². The summed E-state index contributed by atoms with van der Waals surface area (Å²) in [5.41, 5.74) is 0. The van der Waals surface area contributed by atoms with E-state index in [4.69, 9.17) is 4.42 Å². The fourth-order valence-electron chi connectivity index (χ4n) is 4.12. The summed E-state index contributed by atoms with van der Waals surface area (Å²) in [6.45, 7) is 0.764. The number of piperidine rings is 1. The Labute approximate surface area is 184 Å². The summed E-state index contributed by atoms with van der Waals surface area (Å²) in [5.74, 6) is -2.76. The zero-order valence-corrected chi connectivity index (χ0v) is 18.1. The van der Waals surface area contributed by atoms with Crippen LogP contribution in [0.25, 0.3) is 0 Å². The van der Waals surface area contributed by atoms with E-state index < -0.39 is 27.7 Å². The zero-order valence-electron chi connectivity index (χ0n) is 17.2. The monoisotopic (exact) mass is 467 g/mol. The lowest BCUT2D eigenvalue weighted by molar-refractivity contribution is -0.138. The molecule has 0 saturated carbocycles. The van der Waals surface area contributed by atoms with Crippen LogP contribution in [0, 0.1) is 11.6 Å². The summed E-state index contributed by atoms with van der Waals surface area (Å²) < 4.78 is 58.6. The van der Waals surface area contributed by atoms with Gasteiger partial charge in [-0.15, -0.1) is 0 Å². The maximum Gasteiger partial charge on any atom is 0.290 e. The highest BCUT2D eigenvalue weighted by Gasteiger charge is 2.38. The van der Waals surface area contributed by atoms with E-state index in [2.05, 4.69) is 0 Å². The van der Waals surface area contributed by atoms with Crippen molar-refractivity contribution >= 4 is 21.8 Å². The van der Waals surface area contributed by atoms with Crippen molar-refractivity contribution in [3.8, 4) is 0 Å². The van der Waals surface area contributed by atoms with Crippen LogP contribution in [0.4, 0.5) is 8.78 Å². The minimum absolute atomic E-state index is 0.0198. The van der Waals surface area contributed by atoms with Crippen LogP contribution in [0.15, 0.2) is 45.9 Å². The van der Waals surface area contributed by atoms with E-state index in [9.17, 15) is 26.8 Å². The van der Waals surface area contributed by atoms with Gasteiger partial charge in [-0.3, -0.25) is 9.59 Å². The van der Waals surface area contributed by atoms with Crippen LogP contribution in [0.1, 0.15) is 29.8 Å². The van der Waals surface area contributed by atoms with Crippen molar-refractivity contribution in [3.63, 3.8) is 0 Å². The molecule has 0 spiro atoms. The molecule has 2 saturated heterocycles. The Hall–Kier alpha value is -2.79. The molecule has 0 aliphatic carbocycles. The van der Waals surface area contributed by atoms with Crippen molar-refractivity contribution in [2.45, 2.75) is 30.2 Å². The van der Waals surface area contributed by atoms with Gasteiger partial charge in [-0.25, -0.2) is 17.2 Å². The van der Waals surface area contributed by atoms with Crippen molar-refractivity contribution in [2.24, 2.45) is 0 Å². The first-order valence-corrected chi connectivity index (χ1v) is 11.8. The Morgan fingerprint density at radius 3 is 2.38 bits per heavy atom. The molecule has 8 nitrogen and oxygen atoms in total. The SMILES string of the molecule is O=C(C1CCCCN1C(=O)c1ccco1)N1CCN(S(=O)(=O)c2ccc(F)c(F)c2)CC1. The van der Waals surface area contributed by atoms with Gasteiger partial charge < -0.3 is 14.2 Å². The van der Waals surface area contributed by atoms with Crippen LogP contribution in [0.3, 0.4) is 0 Å². The third kappa shape index (κ3) is 4.26. The number of carbonyl (C=O) groups excluding carboxylic acids is 2. The summed E-state index contributed by atoms with van der Waals surface area (Å²) in [6.07, 6.45) is 3.53. The van der Waals surface area contributed by atoms with E-state index in [1.807, 2.05) is 0 Å². The smallest absolute Gasteiger partial charge is 0.290 e. The van der Waals surface area contributed by atoms with Gasteiger partial charge in [0.1, 0.15) is 6.04 Å². The Bertz CT molecular complexity index is 1100. The zero-order chi connectivity index (χ0) is 22.9. The second-order valence-corrected chi connectivity index (χ2v) is 9.73. The quantitative estimate of drug-likeness (QED) is 0.687. The Morgan fingerprint density at radius 1 is 0.969 bits per heavy atom. The molecule has 2 aromatic rings. The van der Waals surface area contributed by atoms with Gasteiger partial charge >= 0.3 is 0 Å². The third-order valence-corrected chi connectivity index (χ3v) is 7.75. The number of halogens is 2. The maximum absolute atomic E-state index is 13.5. The van der Waals surface area contributed by atoms with Crippen LogP contribution >= 0.6 is 0 Å².